The van der Waals surface area contributed by atoms with Gasteiger partial charge < -0.3 is 10.1 Å². The van der Waals surface area contributed by atoms with E-state index in [1.54, 1.807) is 6.07 Å². The second-order valence-electron chi connectivity index (χ2n) is 6.97. The van der Waals surface area contributed by atoms with Gasteiger partial charge in [0.25, 0.3) is 10.0 Å². The highest BCUT2D eigenvalue weighted by molar-refractivity contribution is 7.91. The van der Waals surface area contributed by atoms with Gasteiger partial charge in [-0.05, 0) is 49.7 Å². The van der Waals surface area contributed by atoms with Gasteiger partial charge in [0.2, 0.25) is 0 Å². The quantitative estimate of drug-likeness (QED) is 0.391. The summed E-state index contributed by atoms with van der Waals surface area (Å²) in [4.78, 5) is 14.2. The van der Waals surface area contributed by atoms with Crippen LogP contribution in [0.5, 0.6) is 0 Å². The van der Waals surface area contributed by atoms with Crippen LogP contribution in [0.1, 0.15) is 21.6 Å². The number of carbonyl (C=O) groups is 1. The van der Waals surface area contributed by atoms with Crippen LogP contribution < -0.4 is 4.72 Å². The summed E-state index contributed by atoms with van der Waals surface area (Å²) >= 11 is 0.997. The minimum atomic E-state index is -3.80. The van der Waals surface area contributed by atoms with E-state index in [1.807, 2.05) is 48.2 Å². The molecule has 32 heavy (non-hydrogen) atoms. The van der Waals surface area contributed by atoms with Gasteiger partial charge in [-0.2, -0.15) is 4.72 Å². The molecule has 0 saturated heterocycles. The Morgan fingerprint density at radius 1 is 1.03 bits per heavy atom. The van der Waals surface area contributed by atoms with E-state index in [-0.39, 0.29) is 4.21 Å². The monoisotopic (exact) mass is 466 g/mol. The van der Waals surface area contributed by atoms with E-state index in [9.17, 15) is 13.2 Å². The molecule has 2 heterocycles. The topological polar surface area (TPSA) is 99.3 Å². The zero-order chi connectivity index (χ0) is 23.1. The summed E-state index contributed by atoms with van der Waals surface area (Å²) in [5.41, 5.74) is 4.52. The molecule has 0 unspecified atom stereocenters. The molecule has 0 aliphatic heterocycles. The maximum Gasteiger partial charge on any atom is 0.318 e. The molecule has 4 rings (SSSR count). The number of aliphatic carboxylic acids is 1. The number of para-hydroxylation sites is 1. The summed E-state index contributed by atoms with van der Waals surface area (Å²) in [5, 5.41) is 9.83. The number of benzene rings is 2. The molecule has 0 radical (unpaired) electrons. The summed E-state index contributed by atoms with van der Waals surface area (Å²) in [6.45, 7) is 3.45. The highest BCUT2D eigenvalue weighted by Crippen LogP contribution is 2.20. The number of aryl methyl sites for hydroxylation is 2. The predicted molar refractivity (Wildman–Crippen MR) is 127 cm³/mol. The number of rotatable bonds is 4. The molecule has 6 nitrogen and oxygen atoms in total. The van der Waals surface area contributed by atoms with Gasteiger partial charge in [0.05, 0.1) is 4.88 Å². The number of nitrogens with one attached hydrogen (secondary N) is 2. The molecular formula is C24H22N2O4S2. The second-order valence-corrected chi connectivity index (χ2v) is 10.0. The number of thiophene rings is 1. The first-order valence-electron chi connectivity index (χ1n) is 9.67. The number of sulfonamides is 1. The SMILES string of the molecule is Cc1c[nH]c2ccccc12.Cc1ccc(C#Cc2ccc(S(=O)(=O)NCC(=O)O)s2)cc1. The number of carboxylic acid groups (broad SMARTS) is 1. The average molecular weight is 467 g/mol. The van der Waals surface area contributed by atoms with Gasteiger partial charge in [0.15, 0.2) is 0 Å². The zero-order valence-electron chi connectivity index (χ0n) is 17.5. The fourth-order valence-electron chi connectivity index (χ4n) is 2.75. The van der Waals surface area contributed by atoms with Gasteiger partial charge >= 0.3 is 5.97 Å². The fraction of sp³-hybridized carbons (Fsp3) is 0.125. The van der Waals surface area contributed by atoms with Crippen LogP contribution in [-0.2, 0) is 14.8 Å². The zero-order valence-corrected chi connectivity index (χ0v) is 19.2. The van der Waals surface area contributed by atoms with Crippen LogP contribution in [0.15, 0.2) is 71.1 Å². The molecule has 0 aliphatic rings. The van der Waals surface area contributed by atoms with Crippen molar-refractivity contribution in [2.45, 2.75) is 18.1 Å². The lowest BCUT2D eigenvalue weighted by Gasteiger charge is -2.00. The van der Waals surface area contributed by atoms with Crippen LogP contribution in [0, 0.1) is 25.7 Å². The van der Waals surface area contributed by atoms with Crippen molar-refractivity contribution in [3.8, 4) is 11.8 Å². The van der Waals surface area contributed by atoms with Crippen molar-refractivity contribution in [2.75, 3.05) is 6.54 Å². The molecule has 8 heteroatoms. The maximum atomic E-state index is 11.8. The normalized spacial score (nSPS) is 10.7. The Balaban J connectivity index is 0.000000238. The third kappa shape index (κ3) is 6.31. The molecule has 0 spiro atoms. The van der Waals surface area contributed by atoms with Gasteiger partial charge in [-0.1, -0.05) is 47.7 Å². The average Bonchev–Trinajstić information content (AvgIpc) is 3.40. The summed E-state index contributed by atoms with van der Waals surface area (Å²) in [6.07, 6.45) is 2.03. The molecule has 0 aliphatic carbocycles. The van der Waals surface area contributed by atoms with Crippen LogP contribution in [0.3, 0.4) is 0 Å². The molecule has 0 fully saturated rings. The maximum absolute atomic E-state index is 11.8. The van der Waals surface area contributed by atoms with Crippen LogP contribution in [-0.4, -0.2) is 31.0 Å². The lowest BCUT2D eigenvalue weighted by atomic mass is 10.1. The minimum absolute atomic E-state index is 0.0435. The Hall–Kier alpha value is -3.38. The van der Waals surface area contributed by atoms with Crippen molar-refractivity contribution < 1.29 is 18.3 Å². The standard InChI is InChI=1S/C15H13NO4S2.C9H9N/c1-11-2-4-12(5-3-11)6-7-13-8-9-15(21-13)22(19,20)16-10-14(17)18;1-7-6-10-9-5-3-2-4-8(7)9/h2-5,8-9,16H,10H2,1H3,(H,17,18);2-6,10H,1H3. The van der Waals surface area contributed by atoms with Crippen molar-refractivity contribution in [1.82, 2.24) is 9.71 Å². The number of hydrogen-bond donors (Lipinski definition) is 3. The number of carboxylic acids is 1. The summed E-state index contributed by atoms with van der Waals surface area (Å²) in [6, 6.07) is 19.0. The molecule has 0 saturated carbocycles. The molecule has 0 amide bonds. The molecule has 3 N–H and O–H groups in total. The van der Waals surface area contributed by atoms with E-state index in [4.69, 9.17) is 5.11 Å². The lowest BCUT2D eigenvalue weighted by Crippen LogP contribution is -2.28. The highest BCUT2D eigenvalue weighted by atomic mass is 32.2. The Morgan fingerprint density at radius 3 is 2.44 bits per heavy atom. The molecule has 0 atom stereocenters. The Kier molecular flexibility index (Phi) is 7.49. The van der Waals surface area contributed by atoms with Crippen molar-refractivity contribution in [2.24, 2.45) is 0 Å². The van der Waals surface area contributed by atoms with Crippen LogP contribution in [0.2, 0.25) is 0 Å². The molecule has 2 aromatic heterocycles. The van der Waals surface area contributed by atoms with Crippen LogP contribution in [0.25, 0.3) is 10.9 Å². The molecule has 0 bridgehead atoms. The van der Waals surface area contributed by atoms with Gasteiger partial charge in [-0.25, -0.2) is 8.42 Å². The van der Waals surface area contributed by atoms with E-state index in [0.29, 0.717) is 4.88 Å². The summed E-state index contributed by atoms with van der Waals surface area (Å²) in [5.74, 6) is 4.62. The molecular weight excluding hydrogens is 444 g/mol. The lowest BCUT2D eigenvalue weighted by molar-refractivity contribution is -0.135. The van der Waals surface area contributed by atoms with E-state index < -0.39 is 22.5 Å². The second kappa shape index (κ2) is 10.3. The van der Waals surface area contributed by atoms with E-state index >= 15 is 0 Å². The highest BCUT2D eigenvalue weighted by Gasteiger charge is 2.17. The van der Waals surface area contributed by atoms with Crippen molar-refractivity contribution >= 4 is 38.2 Å². The smallest absolute Gasteiger partial charge is 0.318 e. The molecule has 164 valence electrons. The number of H-pyrrole nitrogens is 1. The van der Waals surface area contributed by atoms with Crippen LogP contribution >= 0.6 is 11.3 Å². The van der Waals surface area contributed by atoms with Gasteiger partial charge in [0.1, 0.15) is 10.8 Å². The number of fused-ring (bicyclic) bond motifs is 1. The third-order valence-electron chi connectivity index (χ3n) is 4.44. The van der Waals surface area contributed by atoms with Crippen molar-refractivity contribution in [3.05, 3.63) is 88.4 Å². The minimum Gasteiger partial charge on any atom is -0.480 e. The molecule has 2 aromatic carbocycles. The number of aromatic nitrogens is 1. The Morgan fingerprint density at radius 2 is 1.75 bits per heavy atom. The first kappa shape index (κ1) is 23.3. The first-order chi connectivity index (χ1) is 15.2. The van der Waals surface area contributed by atoms with Crippen molar-refractivity contribution in [3.63, 3.8) is 0 Å². The van der Waals surface area contributed by atoms with Gasteiger partial charge in [-0.15, -0.1) is 11.3 Å². The van der Waals surface area contributed by atoms with Gasteiger partial charge in [-0.3, -0.25) is 4.79 Å². The number of hydrogen-bond acceptors (Lipinski definition) is 4. The van der Waals surface area contributed by atoms with Crippen molar-refractivity contribution in [1.29, 1.82) is 0 Å². The fourth-order valence-corrected chi connectivity index (χ4v) is 4.93. The van der Waals surface area contributed by atoms with Crippen LogP contribution in [0.4, 0.5) is 0 Å². The number of aromatic amines is 1. The third-order valence-corrected chi connectivity index (χ3v) is 7.33. The van der Waals surface area contributed by atoms with E-state index in [0.717, 1.165) is 22.5 Å². The van der Waals surface area contributed by atoms with E-state index in [2.05, 4.69) is 41.9 Å². The Labute approximate surface area is 191 Å². The molecule has 4 aromatic rings. The Bertz CT molecular complexity index is 1390. The summed E-state index contributed by atoms with van der Waals surface area (Å²) in [7, 11) is -3.80. The van der Waals surface area contributed by atoms with E-state index in [1.165, 1.54) is 22.5 Å². The van der Waals surface area contributed by atoms with Gasteiger partial charge in [0, 0.05) is 22.7 Å². The summed E-state index contributed by atoms with van der Waals surface area (Å²) < 4.78 is 25.7. The first-order valence-corrected chi connectivity index (χ1v) is 12.0. The largest absolute Gasteiger partial charge is 0.480 e. The predicted octanol–water partition coefficient (Wildman–Crippen LogP) is 4.30.